The number of rotatable bonds is 3. The monoisotopic (exact) mass is 268 g/mol. The van der Waals surface area contributed by atoms with E-state index in [-0.39, 0.29) is 5.88 Å². The Kier molecular flexibility index (Phi) is 3.16. The molecule has 0 unspecified atom stereocenters. The maximum atomic E-state index is 9.47. The fourth-order valence-electron chi connectivity index (χ4n) is 1.88. The molecule has 1 aromatic heterocycles. The Morgan fingerprint density at radius 1 is 0.842 bits per heavy atom. The third-order valence-electron chi connectivity index (χ3n) is 2.70. The van der Waals surface area contributed by atoms with Crippen LogP contribution in [0.15, 0.2) is 66.0 Å². The van der Waals surface area contributed by atoms with E-state index < -0.39 is 0 Å². The van der Waals surface area contributed by atoms with Crippen molar-refractivity contribution in [2.75, 3.05) is 4.90 Å². The number of hydrogen-bond donors (Lipinski definition) is 1. The smallest absolute Gasteiger partial charge is 0.223 e. The van der Waals surface area contributed by atoms with Crippen molar-refractivity contribution in [2.24, 2.45) is 0 Å². The molecule has 1 heterocycles. The lowest BCUT2D eigenvalue weighted by molar-refractivity contribution is 0.457. The number of nitrogens with zero attached hydrogens (tertiary/aromatic N) is 2. The standard InChI is InChI=1S/C15H12N2OS/c18-14-11-19-15(16-14)17(12-7-3-1-4-8-12)13-9-5-2-6-10-13/h1-11,18H. The molecule has 94 valence electrons. The molecule has 1 N–H and O–H groups in total. The maximum absolute atomic E-state index is 9.47. The molecule has 4 heteroatoms. The molecule has 19 heavy (non-hydrogen) atoms. The highest BCUT2D eigenvalue weighted by Crippen LogP contribution is 2.36. The number of benzene rings is 2. The first-order valence-corrected chi connectivity index (χ1v) is 6.77. The van der Waals surface area contributed by atoms with Gasteiger partial charge >= 0.3 is 0 Å². The number of para-hydroxylation sites is 2. The lowest BCUT2D eigenvalue weighted by atomic mass is 10.2. The second-order valence-corrected chi connectivity index (χ2v) is 4.83. The average Bonchev–Trinajstić information content (AvgIpc) is 2.88. The van der Waals surface area contributed by atoms with Crippen LogP contribution in [0.5, 0.6) is 5.88 Å². The normalized spacial score (nSPS) is 10.3. The second-order valence-electron chi connectivity index (χ2n) is 3.99. The first-order valence-electron chi connectivity index (χ1n) is 5.89. The van der Waals surface area contributed by atoms with Crippen molar-refractivity contribution in [2.45, 2.75) is 0 Å². The molecule has 0 radical (unpaired) electrons. The summed E-state index contributed by atoms with van der Waals surface area (Å²) in [5, 5.41) is 11.8. The Hall–Kier alpha value is -2.33. The summed E-state index contributed by atoms with van der Waals surface area (Å²) in [4.78, 5) is 6.18. The fraction of sp³-hybridized carbons (Fsp3) is 0. The van der Waals surface area contributed by atoms with Gasteiger partial charge in [0.05, 0.1) is 5.38 Å². The summed E-state index contributed by atoms with van der Waals surface area (Å²) in [7, 11) is 0. The van der Waals surface area contributed by atoms with Gasteiger partial charge in [0.2, 0.25) is 5.88 Å². The summed E-state index contributed by atoms with van der Waals surface area (Å²) in [5.41, 5.74) is 2.03. The van der Waals surface area contributed by atoms with Crippen LogP contribution in [0.1, 0.15) is 0 Å². The fourth-order valence-corrected chi connectivity index (χ4v) is 2.61. The molecule has 3 aromatic rings. The van der Waals surface area contributed by atoms with Gasteiger partial charge in [-0.3, -0.25) is 4.90 Å². The van der Waals surface area contributed by atoms with Gasteiger partial charge in [0, 0.05) is 11.4 Å². The second kappa shape index (κ2) is 5.12. The van der Waals surface area contributed by atoms with E-state index in [1.165, 1.54) is 11.3 Å². The molecule has 0 aliphatic heterocycles. The van der Waals surface area contributed by atoms with Gasteiger partial charge in [0.1, 0.15) is 0 Å². The Bertz CT molecular complexity index is 613. The first kappa shape index (κ1) is 11.7. The lowest BCUT2D eigenvalue weighted by Gasteiger charge is -2.21. The topological polar surface area (TPSA) is 36.4 Å². The molecular weight excluding hydrogens is 256 g/mol. The van der Waals surface area contributed by atoms with Crippen LogP contribution in [0.4, 0.5) is 16.5 Å². The van der Waals surface area contributed by atoms with Crippen LogP contribution in [-0.2, 0) is 0 Å². The predicted octanol–water partition coefficient (Wildman–Crippen LogP) is 4.32. The van der Waals surface area contributed by atoms with Crippen molar-refractivity contribution in [3.05, 3.63) is 66.0 Å². The largest absolute Gasteiger partial charge is 0.493 e. The van der Waals surface area contributed by atoms with Gasteiger partial charge in [-0.15, -0.1) is 11.3 Å². The van der Waals surface area contributed by atoms with Crippen LogP contribution in [0, 0.1) is 0 Å². The molecule has 0 amide bonds. The van der Waals surface area contributed by atoms with E-state index in [1.807, 2.05) is 65.6 Å². The zero-order valence-electron chi connectivity index (χ0n) is 10.1. The minimum absolute atomic E-state index is 0.0527. The quantitative estimate of drug-likeness (QED) is 0.768. The minimum atomic E-state index is 0.0527. The van der Waals surface area contributed by atoms with Gasteiger partial charge in [-0.25, -0.2) is 0 Å². The third kappa shape index (κ3) is 2.44. The van der Waals surface area contributed by atoms with Gasteiger partial charge in [-0.2, -0.15) is 4.98 Å². The van der Waals surface area contributed by atoms with Crippen LogP contribution < -0.4 is 4.90 Å². The third-order valence-corrected chi connectivity index (χ3v) is 3.51. The number of thiazole rings is 1. The Morgan fingerprint density at radius 2 is 1.37 bits per heavy atom. The maximum Gasteiger partial charge on any atom is 0.223 e. The van der Waals surface area contributed by atoms with Crippen LogP contribution in [0.25, 0.3) is 0 Å². The SMILES string of the molecule is Oc1csc(N(c2ccccc2)c2ccccc2)n1. The Balaban J connectivity index is 2.11. The summed E-state index contributed by atoms with van der Waals surface area (Å²) in [6.07, 6.45) is 0. The van der Waals surface area contributed by atoms with Crippen molar-refractivity contribution in [3.63, 3.8) is 0 Å². The van der Waals surface area contributed by atoms with E-state index >= 15 is 0 Å². The number of anilines is 3. The van der Waals surface area contributed by atoms with Crippen LogP contribution in [0.2, 0.25) is 0 Å². The first-order chi connectivity index (χ1) is 9.34. The molecule has 0 saturated carbocycles. The highest BCUT2D eigenvalue weighted by molar-refractivity contribution is 7.14. The highest BCUT2D eigenvalue weighted by atomic mass is 32.1. The van der Waals surface area contributed by atoms with Crippen molar-refractivity contribution in [1.82, 2.24) is 4.98 Å². The molecule has 3 rings (SSSR count). The Labute approximate surface area is 115 Å². The molecule has 0 saturated heterocycles. The van der Waals surface area contributed by atoms with E-state index in [0.717, 1.165) is 16.5 Å². The number of aromatic hydroxyl groups is 1. The summed E-state index contributed by atoms with van der Waals surface area (Å²) < 4.78 is 0. The molecule has 0 spiro atoms. The van der Waals surface area contributed by atoms with Gasteiger partial charge in [0.25, 0.3) is 0 Å². The zero-order valence-corrected chi connectivity index (χ0v) is 10.9. The average molecular weight is 268 g/mol. The van der Waals surface area contributed by atoms with Crippen molar-refractivity contribution in [3.8, 4) is 5.88 Å². The van der Waals surface area contributed by atoms with Gasteiger partial charge in [0.15, 0.2) is 5.13 Å². The summed E-state index contributed by atoms with van der Waals surface area (Å²) in [6.45, 7) is 0. The van der Waals surface area contributed by atoms with Crippen molar-refractivity contribution in [1.29, 1.82) is 0 Å². The van der Waals surface area contributed by atoms with Crippen molar-refractivity contribution < 1.29 is 5.11 Å². The van der Waals surface area contributed by atoms with E-state index in [0.29, 0.717) is 0 Å². The van der Waals surface area contributed by atoms with Gasteiger partial charge < -0.3 is 5.11 Å². The van der Waals surface area contributed by atoms with E-state index in [4.69, 9.17) is 0 Å². The zero-order chi connectivity index (χ0) is 13.1. The van der Waals surface area contributed by atoms with E-state index in [9.17, 15) is 5.11 Å². The molecular formula is C15H12N2OS. The highest BCUT2D eigenvalue weighted by Gasteiger charge is 2.15. The number of aromatic nitrogens is 1. The molecule has 2 aromatic carbocycles. The summed E-state index contributed by atoms with van der Waals surface area (Å²) in [6, 6.07) is 20.0. The molecule has 3 nitrogen and oxygen atoms in total. The molecule has 0 fully saturated rings. The molecule has 0 aliphatic rings. The Morgan fingerprint density at radius 3 is 1.79 bits per heavy atom. The summed E-state index contributed by atoms with van der Waals surface area (Å²) in [5.74, 6) is 0.0527. The van der Waals surface area contributed by atoms with Crippen LogP contribution in [0.3, 0.4) is 0 Å². The molecule has 0 atom stereocenters. The predicted molar refractivity (Wildman–Crippen MR) is 78.5 cm³/mol. The molecule has 0 aliphatic carbocycles. The lowest BCUT2D eigenvalue weighted by Crippen LogP contribution is -2.09. The minimum Gasteiger partial charge on any atom is -0.493 e. The van der Waals surface area contributed by atoms with E-state index in [2.05, 4.69) is 4.98 Å². The summed E-state index contributed by atoms with van der Waals surface area (Å²) >= 11 is 1.41. The van der Waals surface area contributed by atoms with Crippen LogP contribution >= 0.6 is 11.3 Å². The van der Waals surface area contributed by atoms with Gasteiger partial charge in [-0.1, -0.05) is 36.4 Å². The van der Waals surface area contributed by atoms with Gasteiger partial charge in [-0.05, 0) is 24.3 Å². The molecule has 0 bridgehead atoms. The number of hydrogen-bond acceptors (Lipinski definition) is 4. The van der Waals surface area contributed by atoms with Crippen LogP contribution in [-0.4, -0.2) is 10.1 Å². The van der Waals surface area contributed by atoms with Crippen molar-refractivity contribution >= 4 is 27.8 Å². The van der Waals surface area contributed by atoms with E-state index in [1.54, 1.807) is 5.38 Å².